The van der Waals surface area contributed by atoms with E-state index in [4.69, 9.17) is 5.73 Å². The van der Waals surface area contributed by atoms with E-state index in [1.807, 2.05) is 12.3 Å². The van der Waals surface area contributed by atoms with Crippen LogP contribution in [0.2, 0.25) is 0 Å². The fraction of sp³-hybridized carbons (Fsp3) is 0.500. The van der Waals surface area contributed by atoms with Crippen LogP contribution in [0.5, 0.6) is 0 Å². The van der Waals surface area contributed by atoms with Gasteiger partial charge in [-0.1, -0.05) is 13.0 Å². The molecule has 64 valence electrons. The maximum Gasteiger partial charge on any atom is 0.0634 e. The van der Waals surface area contributed by atoms with Crippen LogP contribution in [-0.4, -0.2) is 4.98 Å². The Morgan fingerprint density at radius 3 is 2.92 bits per heavy atom. The Morgan fingerprint density at radius 2 is 2.33 bits per heavy atom. The van der Waals surface area contributed by atoms with Crippen molar-refractivity contribution in [1.82, 2.24) is 4.98 Å². The van der Waals surface area contributed by atoms with E-state index < -0.39 is 0 Å². The number of aryl methyl sites for hydroxylation is 1. The molecule has 2 heteroatoms. The van der Waals surface area contributed by atoms with Gasteiger partial charge in [0.25, 0.3) is 0 Å². The van der Waals surface area contributed by atoms with Gasteiger partial charge in [0.15, 0.2) is 0 Å². The SMILES string of the molecule is CCc1cccnc1C1(N)CC1. The van der Waals surface area contributed by atoms with Gasteiger partial charge in [0, 0.05) is 6.20 Å². The number of nitrogens with two attached hydrogens (primary N) is 1. The molecule has 0 aromatic carbocycles. The Kier molecular flexibility index (Phi) is 1.65. The highest BCUT2D eigenvalue weighted by Crippen LogP contribution is 2.42. The third-order valence-electron chi connectivity index (χ3n) is 2.53. The van der Waals surface area contributed by atoms with E-state index in [9.17, 15) is 0 Å². The molecule has 0 atom stereocenters. The van der Waals surface area contributed by atoms with Crippen LogP contribution in [0.25, 0.3) is 0 Å². The minimum atomic E-state index is -0.0768. The zero-order valence-electron chi connectivity index (χ0n) is 7.38. The fourth-order valence-electron chi connectivity index (χ4n) is 1.54. The van der Waals surface area contributed by atoms with Crippen molar-refractivity contribution >= 4 is 0 Å². The maximum atomic E-state index is 6.08. The number of hydrogen-bond donors (Lipinski definition) is 1. The highest BCUT2D eigenvalue weighted by Gasteiger charge is 2.42. The molecule has 0 bridgehead atoms. The van der Waals surface area contributed by atoms with Crippen LogP contribution < -0.4 is 5.73 Å². The highest BCUT2D eigenvalue weighted by molar-refractivity contribution is 5.30. The minimum absolute atomic E-state index is 0.0768. The first-order valence-corrected chi connectivity index (χ1v) is 4.49. The van der Waals surface area contributed by atoms with Crippen molar-refractivity contribution in [3.05, 3.63) is 29.6 Å². The summed E-state index contributed by atoms with van der Waals surface area (Å²) in [6.45, 7) is 2.15. The monoisotopic (exact) mass is 162 g/mol. The molecular formula is C10H14N2. The normalized spacial score (nSPS) is 19.2. The van der Waals surface area contributed by atoms with Crippen molar-refractivity contribution in [2.75, 3.05) is 0 Å². The molecular weight excluding hydrogens is 148 g/mol. The second-order valence-electron chi connectivity index (χ2n) is 3.52. The number of aromatic nitrogens is 1. The van der Waals surface area contributed by atoms with Crippen molar-refractivity contribution in [3.63, 3.8) is 0 Å². The lowest BCUT2D eigenvalue weighted by molar-refractivity contribution is 0.694. The third kappa shape index (κ3) is 1.12. The van der Waals surface area contributed by atoms with E-state index in [0.717, 1.165) is 25.0 Å². The van der Waals surface area contributed by atoms with Crippen LogP contribution in [0, 0.1) is 0 Å². The van der Waals surface area contributed by atoms with Crippen LogP contribution in [0.1, 0.15) is 31.0 Å². The van der Waals surface area contributed by atoms with E-state index in [2.05, 4.69) is 18.0 Å². The lowest BCUT2D eigenvalue weighted by Gasteiger charge is -2.11. The van der Waals surface area contributed by atoms with Crippen LogP contribution in [-0.2, 0) is 12.0 Å². The summed E-state index contributed by atoms with van der Waals surface area (Å²) in [4.78, 5) is 4.36. The van der Waals surface area contributed by atoms with Gasteiger partial charge in [-0.15, -0.1) is 0 Å². The van der Waals surface area contributed by atoms with E-state index >= 15 is 0 Å². The average Bonchev–Trinajstić information content (AvgIpc) is 2.85. The van der Waals surface area contributed by atoms with Gasteiger partial charge >= 0.3 is 0 Å². The first-order valence-electron chi connectivity index (χ1n) is 4.49. The Bertz CT molecular complexity index is 290. The van der Waals surface area contributed by atoms with E-state index in [1.54, 1.807) is 0 Å². The molecule has 1 aromatic rings. The van der Waals surface area contributed by atoms with E-state index in [-0.39, 0.29) is 5.54 Å². The molecule has 12 heavy (non-hydrogen) atoms. The third-order valence-corrected chi connectivity index (χ3v) is 2.53. The second kappa shape index (κ2) is 2.56. The highest BCUT2D eigenvalue weighted by atomic mass is 14.9. The molecule has 1 aromatic heterocycles. The lowest BCUT2D eigenvalue weighted by atomic mass is 10.0. The van der Waals surface area contributed by atoms with Crippen LogP contribution in [0.15, 0.2) is 18.3 Å². The number of nitrogens with zero attached hydrogens (tertiary/aromatic N) is 1. The van der Waals surface area contributed by atoms with Crippen molar-refractivity contribution < 1.29 is 0 Å². The Balaban J connectivity index is 2.42. The quantitative estimate of drug-likeness (QED) is 0.717. The summed E-state index contributed by atoms with van der Waals surface area (Å²) in [6.07, 6.45) is 5.05. The molecule has 1 fully saturated rings. The van der Waals surface area contributed by atoms with Crippen LogP contribution in [0.3, 0.4) is 0 Å². The zero-order chi connectivity index (χ0) is 8.60. The van der Waals surface area contributed by atoms with Gasteiger partial charge in [0.05, 0.1) is 11.2 Å². The van der Waals surface area contributed by atoms with Gasteiger partial charge in [0.2, 0.25) is 0 Å². The first-order chi connectivity index (χ1) is 5.76. The summed E-state index contributed by atoms with van der Waals surface area (Å²) >= 11 is 0. The standard InChI is InChI=1S/C10H14N2/c1-2-8-4-3-7-12-9(8)10(11)5-6-10/h3-4,7H,2,5-6,11H2,1H3. The molecule has 0 aliphatic heterocycles. The predicted octanol–water partition coefficient (Wildman–Crippen LogP) is 1.59. The summed E-state index contributed by atoms with van der Waals surface area (Å²) in [5.74, 6) is 0. The minimum Gasteiger partial charge on any atom is -0.320 e. The number of pyridine rings is 1. The zero-order valence-corrected chi connectivity index (χ0v) is 7.38. The molecule has 2 N–H and O–H groups in total. The molecule has 2 nitrogen and oxygen atoms in total. The van der Waals surface area contributed by atoms with E-state index in [0.29, 0.717) is 0 Å². The Morgan fingerprint density at radius 1 is 1.58 bits per heavy atom. The number of rotatable bonds is 2. The molecule has 0 unspecified atom stereocenters. The molecule has 1 aliphatic carbocycles. The van der Waals surface area contributed by atoms with Crippen molar-refractivity contribution in [2.24, 2.45) is 5.73 Å². The lowest BCUT2D eigenvalue weighted by Crippen LogP contribution is -2.22. The predicted molar refractivity (Wildman–Crippen MR) is 48.7 cm³/mol. The number of hydrogen-bond acceptors (Lipinski definition) is 2. The average molecular weight is 162 g/mol. The second-order valence-corrected chi connectivity index (χ2v) is 3.52. The summed E-state index contributed by atoms with van der Waals surface area (Å²) in [5, 5.41) is 0. The molecule has 1 aliphatic rings. The van der Waals surface area contributed by atoms with Gasteiger partial charge in [-0.2, -0.15) is 0 Å². The van der Waals surface area contributed by atoms with Gasteiger partial charge in [0.1, 0.15) is 0 Å². The van der Waals surface area contributed by atoms with Gasteiger partial charge in [-0.05, 0) is 30.9 Å². The van der Waals surface area contributed by atoms with Gasteiger partial charge in [-0.25, -0.2) is 0 Å². The molecule has 0 saturated heterocycles. The molecule has 2 rings (SSSR count). The molecule has 1 saturated carbocycles. The van der Waals surface area contributed by atoms with Crippen molar-refractivity contribution in [3.8, 4) is 0 Å². The van der Waals surface area contributed by atoms with Crippen molar-refractivity contribution in [2.45, 2.75) is 31.7 Å². The summed E-state index contributed by atoms with van der Waals surface area (Å²) < 4.78 is 0. The smallest absolute Gasteiger partial charge is 0.0634 e. The topological polar surface area (TPSA) is 38.9 Å². The molecule has 0 spiro atoms. The molecule has 1 heterocycles. The largest absolute Gasteiger partial charge is 0.320 e. The van der Waals surface area contributed by atoms with Gasteiger partial charge in [-0.3, -0.25) is 4.98 Å². The molecule has 0 radical (unpaired) electrons. The van der Waals surface area contributed by atoms with Crippen LogP contribution >= 0.6 is 0 Å². The maximum absolute atomic E-state index is 6.08. The summed E-state index contributed by atoms with van der Waals surface area (Å²) in [5.41, 5.74) is 8.43. The van der Waals surface area contributed by atoms with E-state index in [1.165, 1.54) is 5.56 Å². The Labute approximate surface area is 72.8 Å². The summed E-state index contributed by atoms with van der Waals surface area (Å²) in [7, 11) is 0. The first kappa shape index (κ1) is 7.74. The Hall–Kier alpha value is -0.890. The summed E-state index contributed by atoms with van der Waals surface area (Å²) in [6, 6.07) is 4.10. The van der Waals surface area contributed by atoms with Crippen molar-refractivity contribution in [1.29, 1.82) is 0 Å². The van der Waals surface area contributed by atoms with Crippen LogP contribution in [0.4, 0.5) is 0 Å². The fourth-order valence-corrected chi connectivity index (χ4v) is 1.54. The van der Waals surface area contributed by atoms with Gasteiger partial charge < -0.3 is 5.73 Å². The molecule has 0 amide bonds.